The van der Waals surface area contributed by atoms with Crippen molar-refractivity contribution in [3.05, 3.63) is 80.2 Å². The van der Waals surface area contributed by atoms with Crippen LogP contribution in [0.1, 0.15) is 27.4 Å². The number of ether oxygens (including phenoxy) is 1. The third-order valence-electron chi connectivity index (χ3n) is 4.58. The van der Waals surface area contributed by atoms with E-state index in [9.17, 15) is 23.5 Å². The van der Waals surface area contributed by atoms with E-state index in [4.69, 9.17) is 16.3 Å². The molecule has 0 spiro atoms. The second kappa shape index (κ2) is 8.14. The third kappa shape index (κ3) is 4.32. The first kappa shape index (κ1) is 22.5. The molecular formula is C19H16B2ClF2N3O4. The minimum absolute atomic E-state index is 0.0268. The van der Waals surface area contributed by atoms with Gasteiger partial charge in [-0.3, -0.25) is 14.3 Å². The molecule has 3 rings (SSSR count). The van der Waals surface area contributed by atoms with Crippen LogP contribution in [0.2, 0.25) is 5.02 Å². The van der Waals surface area contributed by atoms with Crippen molar-refractivity contribution in [1.82, 2.24) is 14.5 Å². The lowest BCUT2D eigenvalue weighted by molar-refractivity contribution is 0.0690. The second-order valence-corrected chi connectivity index (χ2v) is 7.74. The molecule has 0 saturated carbocycles. The Morgan fingerprint density at radius 2 is 1.87 bits per heavy atom. The summed E-state index contributed by atoms with van der Waals surface area (Å²) in [5.74, 6) is -3.00. The molecule has 0 bridgehead atoms. The van der Waals surface area contributed by atoms with Crippen molar-refractivity contribution in [2.24, 2.45) is 0 Å². The highest BCUT2D eigenvalue weighted by molar-refractivity contribution is 6.39. The molecule has 0 unspecified atom stereocenters. The van der Waals surface area contributed by atoms with Gasteiger partial charge in [-0.1, -0.05) is 11.6 Å². The average molecular weight is 445 g/mol. The zero-order valence-electron chi connectivity index (χ0n) is 17.0. The number of hydrogen-bond donors (Lipinski definition) is 1. The minimum atomic E-state index is -1.38. The van der Waals surface area contributed by atoms with Crippen LogP contribution < -0.4 is 10.3 Å². The van der Waals surface area contributed by atoms with E-state index in [1.165, 1.54) is 38.6 Å². The summed E-state index contributed by atoms with van der Waals surface area (Å²) in [6.45, 7) is 3.28. The van der Waals surface area contributed by atoms with Gasteiger partial charge in [0.15, 0.2) is 15.7 Å². The van der Waals surface area contributed by atoms with Gasteiger partial charge in [0, 0.05) is 24.0 Å². The molecule has 0 aromatic carbocycles. The summed E-state index contributed by atoms with van der Waals surface area (Å²) in [7, 11) is 3.00. The molecule has 12 heteroatoms. The highest BCUT2D eigenvalue weighted by Crippen LogP contribution is 2.30. The molecule has 0 aliphatic heterocycles. The predicted molar refractivity (Wildman–Crippen MR) is 115 cm³/mol. The first-order valence-electron chi connectivity index (χ1n) is 9.05. The van der Waals surface area contributed by atoms with Gasteiger partial charge in [0.2, 0.25) is 0 Å². The van der Waals surface area contributed by atoms with Crippen LogP contribution in [0.4, 0.5) is 8.78 Å². The Morgan fingerprint density at radius 3 is 2.48 bits per heavy atom. The summed E-state index contributed by atoms with van der Waals surface area (Å²) in [4.78, 5) is 31.9. The Hall–Kier alpha value is -3.20. The number of carbonyl (C=O) groups is 1. The van der Waals surface area contributed by atoms with Crippen LogP contribution in [-0.2, 0) is 5.40 Å². The maximum Gasteiger partial charge on any atom is 0.354 e. The van der Waals surface area contributed by atoms with Gasteiger partial charge in [0.1, 0.15) is 33.8 Å². The van der Waals surface area contributed by atoms with Crippen molar-refractivity contribution >= 4 is 33.3 Å². The van der Waals surface area contributed by atoms with Crippen LogP contribution in [0.15, 0.2) is 35.4 Å². The molecule has 0 amide bonds. The molecule has 0 aliphatic rings. The van der Waals surface area contributed by atoms with Crippen LogP contribution in [0, 0.1) is 25.5 Å². The molecule has 7 nitrogen and oxygen atoms in total. The monoisotopic (exact) mass is 445 g/mol. The predicted octanol–water partition coefficient (Wildman–Crippen LogP) is 1.33. The summed E-state index contributed by atoms with van der Waals surface area (Å²) in [5, 5.41) is 7.53. The second-order valence-electron chi connectivity index (χ2n) is 7.36. The molecule has 158 valence electrons. The molecule has 1 N–H and O–H groups in total. The number of hydrogen-bond acceptors (Lipinski definition) is 5. The summed E-state index contributed by atoms with van der Waals surface area (Å²) >= 11 is 6.27. The smallest absolute Gasteiger partial charge is 0.354 e. The van der Waals surface area contributed by atoms with E-state index < -0.39 is 28.6 Å². The van der Waals surface area contributed by atoms with Crippen LogP contribution in [0.5, 0.6) is 5.75 Å². The number of aromatic nitrogens is 3. The van der Waals surface area contributed by atoms with Crippen molar-refractivity contribution in [2.45, 2.75) is 19.2 Å². The molecular weight excluding hydrogens is 429 g/mol. The number of halogens is 3. The molecule has 31 heavy (non-hydrogen) atoms. The SMILES string of the molecule is BC(B)(Oc1cc(C)n(-c2cc(C(=O)O)ncc2C)c(=O)c1Cl)c1ncc(F)cc1F. The largest absolute Gasteiger partial charge is 0.498 e. The highest BCUT2D eigenvalue weighted by atomic mass is 35.5. The lowest BCUT2D eigenvalue weighted by atomic mass is 9.62. The number of nitrogens with zero attached hydrogens (tertiary/aromatic N) is 3. The molecule has 0 fully saturated rings. The van der Waals surface area contributed by atoms with E-state index in [1.54, 1.807) is 13.8 Å². The van der Waals surface area contributed by atoms with Gasteiger partial charge in [0.25, 0.3) is 5.56 Å². The van der Waals surface area contributed by atoms with Crippen LogP contribution in [-0.4, -0.2) is 41.3 Å². The lowest BCUT2D eigenvalue weighted by Crippen LogP contribution is -2.37. The Bertz CT molecular complexity index is 1270. The molecule has 0 saturated heterocycles. The number of aromatic carboxylic acids is 1. The minimum Gasteiger partial charge on any atom is -0.498 e. The maximum absolute atomic E-state index is 14.2. The first-order valence-corrected chi connectivity index (χ1v) is 9.43. The molecule has 0 aliphatic carbocycles. The number of carboxylic acid groups (broad SMARTS) is 1. The number of aryl methyl sites for hydroxylation is 2. The van der Waals surface area contributed by atoms with E-state index in [2.05, 4.69) is 9.97 Å². The molecule has 3 heterocycles. The zero-order chi connectivity index (χ0) is 23.1. The topological polar surface area (TPSA) is 94.3 Å². The molecule has 3 aromatic rings. The van der Waals surface area contributed by atoms with Gasteiger partial charge in [-0.05, 0) is 25.5 Å². The Balaban J connectivity index is 2.10. The average Bonchev–Trinajstić information content (AvgIpc) is 2.66. The van der Waals surface area contributed by atoms with Crippen molar-refractivity contribution in [3.8, 4) is 11.4 Å². The van der Waals surface area contributed by atoms with Crippen molar-refractivity contribution in [3.63, 3.8) is 0 Å². The van der Waals surface area contributed by atoms with Gasteiger partial charge < -0.3 is 9.84 Å². The fourth-order valence-electron chi connectivity index (χ4n) is 3.11. The summed E-state index contributed by atoms with van der Waals surface area (Å²) < 4.78 is 34.5. The number of rotatable bonds is 5. The van der Waals surface area contributed by atoms with Gasteiger partial charge in [-0.15, -0.1) is 0 Å². The fraction of sp³-hybridized carbons (Fsp3) is 0.158. The molecule has 0 atom stereocenters. The Labute approximate surface area is 182 Å². The number of pyridine rings is 3. The van der Waals surface area contributed by atoms with E-state index in [1.807, 2.05) is 0 Å². The van der Waals surface area contributed by atoms with E-state index in [0.717, 1.165) is 6.20 Å². The Morgan fingerprint density at radius 1 is 1.19 bits per heavy atom. The van der Waals surface area contributed by atoms with Gasteiger partial charge in [-0.25, -0.2) is 18.6 Å². The Kier molecular flexibility index (Phi) is 5.91. The van der Waals surface area contributed by atoms with Crippen LogP contribution >= 0.6 is 11.6 Å². The van der Waals surface area contributed by atoms with Gasteiger partial charge in [-0.2, -0.15) is 0 Å². The normalized spacial score (nSPS) is 11.4. The van der Waals surface area contributed by atoms with Crippen molar-refractivity contribution in [2.75, 3.05) is 0 Å². The summed E-state index contributed by atoms with van der Waals surface area (Å²) in [6, 6.07) is 3.42. The van der Waals surface area contributed by atoms with Crippen LogP contribution in [0.25, 0.3) is 5.69 Å². The standard InChI is InChI=1S/C19H16B2ClF2N3O4/c1-8-6-25-12(18(29)30)5-13(8)27-9(2)3-14(15(22)17(27)28)31-19(20,21)16-11(24)4-10(23)7-26-16/h3-7H,20-21H2,1-2H3,(H,29,30). The van der Waals surface area contributed by atoms with E-state index >= 15 is 0 Å². The summed E-state index contributed by atoms with van der Waals surface area (Å²) in [6.07, 6.45) is 2.20. The highest BCUT2D eigenvalue weighted by Gasteiger charge is 2.30. The quantitative estimate of drug-likeness (QED) is 0.596. The van der Waals surface area contributed by atoms with Crippen molar-refractivity contribution in [1.29, 1.82) is 0 Å². The van der Waals surface area contributed by atoms with Crippen LogP contribution in [0.3, 0.4) is 0 Å². The zero-order valence-corrected chi connectivity index (χ0v) is 17.8. The van der Waals surface area contributed by atoms with Gasteiger partial charge >= 0.3 is 5.97 Å². The molecule has 3 aromatic heterocycles. The third-order valence-corrected chi connectivity index (χ3v) is 4.93. The lowest BCUT2D eigenvalue weighted by Gasteiger charge is -2.28. The van der Waals surface area contributed by atoms with Crippen molar-refractivity contribution < 1.29 is 23.4 Å². The maximum atomic E-state index is 14.2. The van der Waals surface area contributed by atoms with Gasteiger partial charge in [0.05, 0.1) is 17.3 Å². The number of carboxylic acids is 1. The first-order chi connectivity index (χ1) is 14.4. The van der Waals surface area contributed by atoms with E-state index in [-0.39, 0.29) is 22.2 Å². The fourth-order valence-corrected chi connectivity index (χ4v) is 3.28. The van der Waals surface area contributed by atoms with E-state index in [0.29, 0.717) is 23.0 Å². The summed E-state index contributed by atoms with van der Waals surface area (Å²) in [5.41, 5.74) is 0.181. The molecule has 0 radical (unpaired) electrons.